The SMILES string of the molecule is COC(=O)Nc1cc(N2CCC(C)(N)CC2)nc2n[nH]c(-c3ccnc(Cl)c3Cl)c12. The Hall–Kier alpha value is -2.62. The third-order valence-electron chi connectivity index (χ3n) is 5.28. The molecule has 1 saturated heterocycles. The number of pyridine rings is 2. The Morgan fingerprint density at radius 1 is 1.37 bits per heavy atom. The second-order valence-electron chi connectivity index (χ2n) is 7.55. The standard InChI is InChI=1S/C19H21Cl2N7O2/c1-19(22)4-7-28(8-5-19)12-9-11(24-18(29)30-2)13-15(26-27-17(13)25-12)10-3-6-23-16(21)14(10)20/h3,6,9H,4-5,7-8,22H2,1-2H3,(H2,24,25,26,27,29). The zero-order valence-electron chi connectivity index (χ0n) is 16.5. The number of amides is 1. The van der Waals surface area contributed by atoms with E-state index >= 15 is 0 Å². The van der Waals surface area contributed by atoms with E-state index in [9.17, 15) is 4.79 Å². The fourth-order valence-corrected chi connectivity index (χ4v) is 3.85. The van der Waals surface area contributed by atoms with Gasteiger partial charge in [0.25, 0.3) is 0 Å². The quantitative estimate of drug-likeness (QED) is 0.519. The fourth-order valence-electron chi connectivity index (χ4n) is 3.48. The van der Waals surface area contributed by atoms with Crippen molar-refractivity contribution in [1.29, 1.82) is 0 Å². The molecule has 0 bridgehead atoms. The second-order valence-corrected chi connectivity index (χ2v) is 8.28. The van der Waals surface area contributed by atoms with Crippen LogP contribution in [-0.4, -0.2) is 52.0 Å². The van der Waals surface area contributed by atoms with Crippen molar-refractivity contribution in [2.24, 2.45) is 5.73 Å². The molecule has 4 heterocycles. The molecule has 1 amide bonds. The van der Waals surface area contributed by atoms with Crippen LogP contribution in [0.2, 0.25) is 10.2 Å². The molecule has 0 aliphatic carbocycles. The maximum atomic E-state index is 12.0. The van der Waals surface area contributed by atoms with E-state index in [0.29, 0.717) is 33.8 Å². The summed E-state index contributed by atoms with van der Waals surface area (Å²) in [5, 5.41) is 11.1. The van der Waals surface area contributed by atoms with Gasteiger partial charge < -0.3 is 15.4 Å². The Kier molecular flexibility index (Phi) is 5.44. The normalized spacial score (nSPS) is 16.0. The molecule has 0 atom stereocenters. The number of nitrogens with one attached hydrogen (secondary N) is 2. The molecule has 0 spiro atoms. The average molecular weight is 450 g/mol. The van der Waals surface area contributed by atoms with Crippen molar-refractivity contribution in [3.05, 3.63) is 28.5 Å². The summed E-state index contributed by atoms with van der Waals surface area (Å²) in [5.41, 5.74) is 8.15. The maximum Gasteiger partial charge on any atom is 0.411 e. The van der Waals surface area contributed by atoms with Gasteiger partial charge in [-0.15, -0.1) is 0 Å². The fraction of sp³-hybridized carbons (Fsp3) is 0.368. The predicted octanol–water partition coefficient (Wildman–Crippen LogP) is 3.82. The molecule has 9 nitrogen and oxygen atoms in total. The molecule has 0 unspecified atom stereocenters. The van der Waals surface area contributed by atoms with Crippen LogP contribution in [-0.2, 0) is 4.74 Å². The van der Waals surface area contributed by atoms with Crippen molar-refractivity contribution in [2.75, 3.05) is 30.4 Å². The van der Waals surface area contributed by atoms with Crippen LogP contribution in [0.15, 0.2) is 18.3 Å². The van der Waals surface area contributed by atoms with Crippen molar-refractivity contribution < 1.29 is 9.53 Å². The van der Waals surface area contributed by atoms with Gasteiger partial charge in [-0.3, -0.25) is 10.4 Å². The molecule has 158 valence electrons. The van der Waals surface area contributed by atoms with Gasteiger partial charge in [0.1, 0.15) is 11.0 Å². The Bertz CT molecular complexity index is 1110. The molecule has 1 aliphatic heterocycles. The van der Waals surface area contributed by atoms with Crippen LogP contribution in [0.3, 0.4) is 0 Å². The highest BCUT2D eigenvalue weighted by Crippen LogP contribution is 2.39. The number of anilines is 2. The number of aromatic nitrogens is 4. The molecule has 3 aromatic heterocycles. The van der Waals surface area contributed by atoms with E-state index < -0.39 is 6.09 Å². The van der Waals surface area contributed by atoms with Crippen LogP contribution < -0.4 is 16.0 Å². The zero-order valence-corrected chi connectivity index (χ0v) is 18.0. The summed E-state index contributed by atoms with van der Waals surface area (Å²) in [6.07, 6.45) is 2.61. The molecule has 0 radical (unpaired) electrons. The molecule has 1 aliphatic rings. The number of carbonyl (C=O) groups is 1. The van der Waals surface area contributed by atoms with Crippen LogP contribution in [0.5, 0.6) is 0 Å². The van der Waals surface area contributed by atoms with Gasteiger partial charge in [-0.25, -0.2) is 14.8 Å². The molecule has 3 aromatic rings. The molecular formula is C19H21Cl2N7O2. The number of hydrogen-bond donors (Lipinski definition) is 3. The van der Waals surface area contributed by atoms with Gasteiger partial charge in [0, 0.05) is 36.5 Å². The Morgan fingerprint density at radius 3 is 2.80 bits per heavy atom. The molecular weight excluding hydrogens is 429 g/mol. The molecule has 30 heavy (non-hydrogen) atoms. The van der Waals surface area contributed by atoms with Crippen LogP contribution in [0.1, 0.15) is 19.8 Å². The van der Waals surface area contributed by atoms with E-state index in [4.69, 9.17) is 38.7 Å². The first-order valence-corrected chi connectivity index (χ1v) is 10.1. The summed E-state index contributed by atoms with van der Waals surface area (Å²) < 4.78 is 4.79. The summed E-state index contributed by atoms with van der Waals surface area (Å²) in [7, 11) is 1.30. The van der Waals surface area contributed by atoms with E-state index in [1.165, 1.54) is 7.11 Å². The second kappa shape index (κ2) is 7.90. The molecule has 1 fully saturated rings. The lowest BCUT2D eigenvalue weighted by Crippen LogP contribution is -2.48. The van der Waals surface area contributed by atoms with Gasteiger partial charge in [0.15, 0.2) is 5.65 Å². The van der Waals surface area contributed by atoms with E-state index in [0.717, 1.165) is 25.9 Å². The van der Waals surface area contributed by atoms with Crippen molar-refractivity contribution in [3.8, 4) is 11.3 Å². The number of carbonyl (C=O) groups excluding carboxylic acids is 1. The number of methoxy groups -OCH3 is 1. The number of nitrogens with zero attached hydrogens (tertiary/aromatic N) is 4. The van der Waals surface area contributed by atoms with Gasteiger partial charge in [0.05, 0.1) is 28.9 Å². The minimum atomic E-state index is -0.604. The summed E-state index contributed by atoms with van der Waals surface area (Å²) in [5.74, 6) is 0.696. The molecule has 11 heteroatoms. The lowest BCUT2D eigenvalue weighted by molar-refractivity contribution is 0.187. The number of halogens is 2. The first kappa shape index (κ1) is 20.6. The minimum absolute atomic E-state index is 0.169. The van der Waals surface area contributed by atoms with Crippen LogP contribution in [0.25, 0.3) is 22.3 Å². The van der Waals surface area contributed by atoms with Gasteiger partial charge in [-0.1, -0.05) is 23.2 Å². The smallest absolute Gasteiger partial charge is 0.411 e. The number of fused-ring (bicyclic) bond motifs is 1. The monoisotopic (exact) mass is 449 g/mol. The van der Waals surface area contributed by atoms with Crippen molar-refractivity contribution in [2.45, 2.75) is 25.3 Å². The Labute approximate surface area is 182 Å². The van der Waals surface area contributed by atoms with Gasteiger partial charge in [-0.2, -0.15) is 5.10 Å². The summed E-state index contributed by atoms with van der Waals surface area (Å²) in [4.78, 5) is 22.8. The first-order chi connectivity index (χ1) is 14.3. The summed E-state index contributed by atoms with van der Waals surface area (Å²) in [6, 6.07) is 3.51. The number of nitrogens with two attached hydrogens (primary N) is 1. The van der Waals surface area contributed by atoms with E-state index in [1.807, 2.05) is 0 Å². The highest BCUT2D eigenvalue weighted by atomic mass is 35.5. The van der Waals surface area contributed by atoms with E-state index in [2.05, 4.69) is 32.3 Å². The van der Waals surface area contributed by atoms with Crippen LogP contribution >= 0.6 is 23.2 Å². The third-order valence-corrected chi connectivity index (χ3v) is 6.04. The van der Waals surface area contributed by atoms with Gasteiger partial charge in [-0.05, 0) is 25.8 Å². The highest BCUT2D eigenvalue weighted by Gasteiger charge is 2.28. The highest BCUT2D eigenvalue weighted by molar-refractivity contribution is 6.43. The first-order valence-electron chi connectivity index (χ1n) is 9.37. The summed E-state index contributed by atoms with van der Waals surface area (Å²) >= 11 is 12.4. The molecule has 4 N–H and O–H groups in total. The largest absolute Gasteiger partial charge is 0.453 e. The van der Waals surface area contributed by atoms with Crippen molar-refractivity contribution in [3.63, 3.8) is 0 Å². The lowest BCUT2D eigenvalue weighted by atomic mass is 9.91. The minimum Gasteiger partial charge on any atom is -0.453 e. The van der Waals surface area contributed by atoms with Gasteiger partial charge >= 0.3 is 6.09 Å². The number of rotatable bonds is 3. The lowest BCUT2D eigenvalue weighted by Gasteiger charge is -2.37. The van der Waals surface area contributed by atoms with E-state index in [1.54, 1.807) is 18.3 Å². The Balaban J connectivity index is 1.83. The topological polar surface area (TPSA) is 122 Å². The number of aromatic amines is 1. The number of H-pyrrole nitrogens is 1. The third kappa shape index (κ3) is 3.88. The number of piperidine rings is 1. The maximum absolute atomic E-state index is 12.0. The van der Waals surface area contributed by atoms with E-state index in [-0.39, 0.29) is 15.7 Å². The Morgan fingerprint density at radius 2 is 2.10 bits per heavy atom. The van der Waals surface area contributed by atoms with Crippen molar-refractivity contribution in [1.82, 2.24) is 20.2 Å². The van der Waals surface area contributed by atoms with Crippen LogP contribution in [0.4, 0.5) is 16.3 Å². The molecule has 0 aromatic carbocycles. The van der Waals surface area contributed by atoms with Crippen molar-refractivity contribution >= 4 is 51.8 Å². The molecule has 4 rings (SSSR count). The number of hydrogen-bond acceptors (Lipinski definition) is 7. The summed E-state index contributed by atoms with van der Waals surface area (Å²) in [6.45, 7) is 3.56. The van der Waals surface area contributed by atoms with Gasteiger partial charge in [0.2, 0.25) is 0 Å². The number of ether oxygens (including phenoxy) is 1. The predicted molar refractivity (Wildman–Crippen MR) is 117 cm³/mol. The average Bonchev–Trinajstić information content (AvgIpc) is 3.14. The molecule has 0 saturated carbocycles. The van der Waals surface area contributed by atoms with Crippen LogP contribution in [0, 0.1) is 0 Å². The zero-order chi connectivity index (χ0) is 21.5.